The maximum absolute atomic E-state index is 12.3. The lowest BCUT2D eigenvalue weighted by Gasteiger charge is -2.32. The largest absolute Gasteiger partial charge is 0.310 e. The topological polar surface area (TPSA) is 54.5 Å². The maximum atomic E-state index is 12.3. The zero-order valence-corrected chi connectivity index (χ0v) is 12.6. The molecule has 0 bridgehead atoms. The van der Waals surface area contributed by atoms with Gasteiger partial charge in [0.2, 0.25) is 5.91 Å². The van der Waals surface area contributed by atoms with Crippen molar-refractivity contribution in [3.8, 4) is 0 Å². The lowest BCUT2D eigenvalue weighted by Crippen LogP contribution is -2.41. The van der Waals surface area contributed by atoms with E-state index in [2.05, 4.69) is 0 Å². The molecule has 20 heavy (non-hydrogen) atoms. The van der Waals surface area contributed by atoms with Gasteiger partial charge in [-0.15, -0.1) is 11.8 Å². The predicted molar refractivity (Wildman–Crippen MR) is 79.4 cm³/mol. The van der Waals surface area contributed by atoms with Crippen molar-refractivity contribution < 1.29 is 14.4 Å². The number of Topliss-reactive ketones (excluding diaryl/α,β-unsaturated/α-hetero) is 2. The Morgan fingerprint density at radius 3 is 2.60 bits per heavy atom. The molecule has 106 valence electrons. The van der Waals surface area contributed by atoms with Crippen LogP contribution in [0.25, 0.3) is 0 Å². The molecule has 0 aromatic heterocycles. The fraction of sp³-hybridized carbons (Fsp3) is 0.400. The van der Waals surface area contributed by atoms with Crippen molar-refractivity contribution in [1.29, 1.82) is 0 Å². The first-order valence-corrected chi connectivity index (χ1v) is 7.40. The molecule has 2 rings (SSSR count). The van der Waals surface area contributed by atoms with Crippen molar-refractivity contribution in [3.63, 3.8) is 0 Å². The highest BCUT2D eigenvalue weighted by atomic mass is 32.2. The summed E-state index contributed by atoms with van der Waals surface area (Å²) in [5.74, 6) is 0.00722. The Hall–Kier alpha value is -1.62. The molecule has 5 heteroatoms. The first-order valence-electron chi connectivity index (χ1n) is 6.52. The van der Waals surface area contributed by atoms with Gasteiger partial charge in [-0.05, 0) is 32.9 Å². The third-order valence-corrected chi connectivity index (χ3v) is 4.42. The van der Waals surface area contributed by atoms with Crippen LogP contribution in [0.4, 0.5) is 5.69 Å². The maximum Gasteiger partial charge on any atom is 0.240 e. The molecule has 1 aliphatic rings. The molecule has 0 N–H and O–H groups in total. The zero-order valence-electron chi connectivity index (χ0n) is 11.8. The highest BCUT2D eigenvalue weighted by Crippen LogP contribution is 2.39. The van der Waals surface area contributed by atoms with Gasteiger partial charge in [-0.3, -0.25) is 14.4 Å². The molecule has 0 saturated heterocycles. The van der Waals surface area contributed by atoms with Gasteiger partial charge in [0.1, 0.15) is 5.78 Å². The summed E-state index contributed by atoms with van der Waals surface area (Å²) >= 11 is 1.49. The van der Waals surface area contributed by atoms with E-state index in [-0.39, 0.29) is 22.7 Å². The van der Waals surface area contributed by atoms with Crippen molar-refractivity contribution in [2.24, 2.45) is 0 Å². The number of benzene rings is 1. The van der Waals surface area contributed by atoms with Gasteiger partial charge in [0, 0.05) is 23.4 Å². The van der Waals surface area contributed by atoms with Gasteiger partial charge in [0.15, 0.2) is 5.78 Å². The second kappa shape index (κ2) is 5.79. The SMILES string of the molecule is CC(=O)CCN1C(=O)C(C)Sc2ccc(C(C)=O)cc21. The molecule has 1 atom stereocenters. The molecule has 0 aliphatic carbocycles. The van der Waals surface area contributed by atoms with Crippen LogP contribution in [0.15, 0.2) is 23.1 Å². The van der Waals surface area contributed by atoms with Crippen molar-refractivity contribution >= 4 is 34.9 Å². The number of thioether (sulfide) groups is 1. The first-order chi connectivity index (χ1) is 9.40. The highest BCUT2D eigenvalue weighted by Gasteiger charge is 2.30. The Bertz CT molecular complexity index is 582. The average Bonchev–Trinajstić information content (AvgIpc) is 2.38. The minimum atomic E-state index is -0.169. The smallest absolute Gasteiger partial charge is 0.240 e. The molecule has 0 fully saturated rings. The normalized spacial score (nSPS) is 17.9. The van der Waals surface area contributed by atoms with Crippen LogP contribution in [0.1, 0.15) is 37.6 Å². The Labute approximate surface area is 122 Å². The highest BCUT2D eigenvalue weighted by molar-refractivity contribution is 8.00. The van der Waals surface area contributed by atoms with E-state index in [1.807, 2.05) is 13.0 Å². The van der Waals surface area contributed by atoms with Crippen LogP contribution in [-0.2, 0) is 9.59 Å². The van der Waals surface area contributed by atoms with Crippen molar-refractivity contribution in [1.82, 2.24) is 0 Å². The fourth-order valence-electron chi connectivity index (χ4n) is 2.13. The minimum absolute atomic E-state index is 0.00977. The number of hydrogen-bond acceptors (Lipinski definition) is 4. The third-order valence-electron chi connectivity index (χ3n) is 3.26. The molecule has 1 aromatic carbocycles. The molecule has 1 unspecified atom stereocenters. The number of rotatable bonds is 4. The van der Waals surface area contributed by atoms with Crippen LogP contribution in [-0.4, -0.2) is 29.3 Å². The van der Waals surface area contributed by atoms with Gasteiger partial charge in [-0.2, -0.15) is 0 Å². The molecule has 1 heterocycles. The number of anilines is 1. The zero-order chi connectivity index (χ0) is 14.9. The van der Waals surface area contributed by atoms with E-state index in [9.17, 15) is 14.4 Å². The van der Waals surface area contributed by atoms with Crippen LogP contribution in [0.5, 0.6) is 0 Å². The molecule has 1 aromatic rings. The molecule has 1 amide bonds. The van der Waals surface area contributed by atoms with Gasteiger partial charge in [0.25, 0.3) is 0 Å². The van der Waals surface area contributed by atoms with E-state index < -0.39 is 0 Å². The molecule has 0 saturated carbocycles. The van der Waals surface area contributed by atoms with Crippen LogP contribution >= 0.6 is 11.8 Å². The number of ketones is 2. The second-order valence-electron chi connectivity index (χ2n) is 4.94. The van der Waals surface area contributed by atoms with Crippen LogP contribution in [0.3, 0.4) is 0 Å². The number of fused-ring (bicyclic) bond motifs is 1. The Morgan fingerprint density at radius 1 is 1.30 bits per heavy atom. The fourth-order valence-corrected chi connectivity index (χ4v) is 3.17. The Morgan fingerprint density at radius 2 is 2.00 bits per heavy atom. The van der Waals surface area contributed by atoms with Crippen molar-refractivity contribution in [2.45, 2.75) is 37.3 Å². The monoisotopic (exact) mass is 291 g/mol. The summed E-state index contributed by atoms with van der Waals surface area (Å²) in [6, 6.07) is 5.40. The van der Waals surface area contributed by atoms with Gasteiger partial charge in [-0.25, -0.2) is 0 Å². The summed E-state index contributed by atoms with van der Waals surface area (Å²) in [5, 5.41) is -0.169. The third kappa shape index (κ3) is 2.93. The van der Waals surface area contributed by atoms with E-state index in [0.717, 1.165) is 10.6 Å². The summed E-state index contributed by atoms with van der Waals surface area (Å²) in [5.41, 5.74) is 1.33. The first kappa shape index (κ1) is 14.8. The standard InChI is InChI=1S/C15H17NO3S/c1-9(17)6-7-16-13-8-12(10(2)18)4-5-14(13)20-11(3)15(16)19/h4-5,8,11H,6-7H2,1-3H3. The number of hydrogen-bond donors (Lipinski definition) is 0. The van der Waals surface area contributed by atoms with Gasteiger partial charge >= 0.3 is 0 Å². The summed E-state index contributed by atoms with van der Waals surface area (Å²) < 4.78 is 0. The Kier molecular flexibility index (Phi) is 4.28. The van der Waals surface area contributed by atoms with E-state index in [1.165, 1.54) is 25.6 Å². The van der Waals surface area contributed by atoms with E-state index in [4.69, 9.17) is 0 Å². The molecule has 1 aliphatic heterocycles. The summed E-state index contributed by atoms with van der Waals surface area (Å²) in [6.45, 7) is 5.24. The number of amides is 1. The predicted octanol–water partition coefficient (Wildman–Crippen LogP) is 2.70. The molecular formula is C15H17NO3S. The lowest BCUT2D eigenvalue weighted by molar-refractivity contribution is -0.118. The van der Waals surface area contributed by atoms with Crippen molar-refractivity contribution in [3.05, 3.63) is 23.8 Å². The van der Waals surface area contributed by atoms with Crippen molar-refractivity contribution in [2.75, 3.05) is 11.4 Å². The van der Waals surface area contributed by atoms with E-state index in [1.54, 1.807) is 17.0 Å². The molecule has 0 spiro atoms. The summed E-state index contributed by atoms with van der Waals surface area (Å²) in [4.78, 5) is 37.5. The number of carbonyl (C=O) groups excluding carboxylic acids is 3. The van der Waals surface area contributed by atoms with Crippen LogP contribution < -0.4 is 4.90 Å². The minimum Gasteiger partial charge on any atom is -0.310 e. The second-order valence-corrected chi connectivity index (χ2v) is 6.32. The van der Waals surface area contributed by atoms with E-state index in [0.29, 0.717) is 18.5 Å². The van der Waals surface area contributed by atoms with Gasteiger partial charge in [-0.1, -0.05) is 6.07 Å². The van der Waals surface area contributed by atoms with Gasteiger partial charge < -0.3 is 4.90 Å². The average molecular weight is 291 g/mol. The molecule has 4 nitrogen and oxygen atoms in total. The van der Waals surface area contributed by atoms with Crippen LogP contribution in [0, 0.1) is 0 Å². The number of carbonyl (C=O) groups is 3. The molecular weight excluding hydrogens is 274 g/mol. The number of nitrogens with zero attached hydrogens (tertiary/aromatic N) is 1. The van der Waals surface area contributed by atoms with E-state index >= 15 is 0 Å². The van der Waals surface area contributed by atoms with Gasteiger partial charge in [0.05, 0.1) is 10.9 Å². The summed E-state index contributed by atoms with van der Waals surface area (Å²) in [6.07, 6.45) is 0.326. The lowest BCUT2D eigenvalue weighted by atomic mass is 10.1. The Balaban J connectivity index is 2.40. The quantitative estimate of drug-likeness (QED) is 0.800. The molecule has 0 radical (unpaired) electrons. The summed E-state index contributed by atoms with van der Waals surface area (Å²) in [7, 11) is 0. The van der Waals surface area contributed by atoms with Crippen LogP contribution in [0.2, 0.25) is 0 Å².